The number of para-hydroxylation sites is 2. The molecule has 5 rings (SSSR count). The summed E-state index contributed by atoms with van der Waals surface area (Å²) in [6, 6.07) is 15.9. The zero-order chi connectivity index (χ0) is 18.6. The molecule has 3 aliphatic rings. The number of amides is 1. The van der Waals surface area contributed by atoms with Crippen molar-refractivity contribution in [2.45, 2.75) is 18.5 Å². The number of nitrogens with two attached hydrogens (primary N) is 1. The molecule has 1 unspecified atom stereocenters. The Morgan fingerprint density at radius 2 is 1.81 bits per heavy atom. The Labute approximate surface area is 157 Å². The Kier molecular flexibility index (Phi) is 3.28. The quantitative estimate of drug-likeness (QED) is 0.746. The van der Waals surface area contributed by atoms with Crippen LogP contribution in [-0.2, 0) is 16.9 Å². The Morgan fingerprint density at radius 1 is 1.07 bits per heavy atom. The van der Waals surface area contributed by atoms with Gasteiger partial charge in [-0.25, -0.2) is 9.98 Å². The zero-order valence-corrected chi connectivity index (χ0v) is 15.0. The van der Waals surface area contributed by atoms with E-state index in [0.717, 1.165) is 36.3 Å². The van der Waals surface area contributed by atoms with Gasteiger partial charge in [0.15, 0.2) is 5.96 Å². The number of hydrogen-bond acceptors (Lipinski definition) is 6. The van der Waals surface area contributed by atoms with Crippen LogP contribution in [0, 0.1) is 0 Å². The molecule has 1 spiro atoms. The van der Waals surface area contributed by atoms with Gasteiger partial charge < -0.3 is 15.5 Å². The number of fused-ring (bicyclic) bond motifs is 3. The predicted molar refractivity (Wildman–Crippen MR) is 106 cm³/mol. The highest BCUT2D eigenvalue weighted by Crippen LogP contribution is 2.44. The number of anilines is 2. The lowest BCUT2D eigenvalue weighted by Crippen LogP contribution is -2.55. The van der Waals surface area contributed by atoms with Gasteiger partial charge in [0, 0.05) is 24.8 Å². The zero-order valence-electron chi connectivity index (χ0n) is 15.0. The third-order valence-corrected chi connectivity index (χ3v) is 5.40. The molecule has 3 aliphatic heterocycles. The molecule has 0 radical (unpaired) electrons. The molecule has 7 heteroatoms. The topological polar surface area (TPSA) is 86.3 Å². The van der Waals surface area contributed by atoms with E-state index in [1.165, 1.54) is 5.56 Å². The van der Waals surface area contributed by atoms with E-state index in [2.05, 4.69) is 27.3 Å². The number of benzene rings is 2. The number of hydrogen-bond donors (Lipinski definition) is 2. The highest BCUT2D eigenvalue weighted by molar-refractivity contribution is 6.15. The molecule has 0 aromatic heterocycles. The summed E-state index contributed by atoms with van der Waals surface area (Å²) in [5, 5.41) is 3.08. The summed E-state index contributed by atoms with van der Waals surface area (Å²) in [6.07, 6.45) is 2.03. The van der Waals surface area contributed by atoms with Crippen molar-refractivity contribution >= 4 is 29.2 Å². The number of nitrogens with one attached hydrogen (secondary N) is 1. The van der Waals surface area contributed by atoms with E-state index in [9.17, 15) is 4.79 Å². The molecule has 2 aromatic carbocycles. The monoisotopic (exact) mass is 360 g/mol. The van der Waals surface area contributed by atoms with Crippen LogP contribution in [0.1, 0.15) is 17.5 Å². The fourth-order valence-electron chi connectivity index (χ4n) is 4.14. The van der Waals surface area contributed by atoms with Crippen LogP contribution in [0.2, 0.25) is 0 Å². The lowest BCUT2D eigenvalue weighted by Gasteiger charge is -2.35. The summed E-state index contributed by atoms with van der Waals surface area (Å²) >= 11 is 0. The van der Waals surface area contributed by atoms with Crippen LogP contribution in [-0.4, -0.2) is 31.4 Å². The number of aryl methyl sites for hydroxylation is 1. The van der Waals surface area contributed by atoms with Gasteiger partial charge >= 0.3 is 0 Å². The fourth-order valence-corrected chi connectivity index (χ4v) is 4.14. The molecule has 1 amide bonds. The fraction of sp³-hybridized carbons (Fsp3) is 0.250. The third-order valence-electron chi connectivity index (χ3n) is 5.40. The maximum atomic E-state index is 13.2. The molecular weight excluding hydrogens is 340 g/mol. The van der Waals surface area contributed by atoms with Gasteiger partial charge in [0.2, 0.25) is 5.96 Å². The maximum Gasteiger partial charge on any atom is 0.282 e. The smallest absolute Gasteiger partial charge is 0.282 e. The van der Waals surface area contributed by atoms with Gasteiger partial charge in [-0.2, -0.15) is 0 Å². The van der Waals surface area contributed by atoms with E-state index < -0.39 is 5.66 Å². The predicted octanol–water partition coefficient (Wildman–Crippen LogP) is 1.54. The largest absolute Gasteiger partial charge is 0.370 e. The van der Waals surface area contributed by atoms with E-state index in [1.54, 1.807) is 11.9 Å². The molecule has 3 heterocycles. The summed E-state index contributed by atoms with van der Waals surface area (Å²) in [7, 11) is 1.75. The average molecular weight is 360 g/mol. The lowest BCUT2D eigenvalue weighted by molar-refractivity contribution is -0.122. The van der Waals surface area contributed by atoms with Crippen LogP contribution in [0.3, 0.4) is 0 Å². The SMILES string of the molecule is CN1C(=O)C2(N=C(N)NC(N3CCCc4ccccc43)=N2)c2ccccc21. The molecule has 0 fully saturated rings. The summed E-state index contributed by atoms with van der Waals surface area (Å²) in [5.74, 6) is 0.561. The summed E-state index contributed by atoms with van der Waals surface area (Å²) in [4.78, 5) is 26.2. The summed E-state index contributed by atoms with van der Waals surface area (Å²) in [6.45, 7) is 0.803. The molecule has 3 N–H and O–H groups in total. The van der Waals surface area contributed by atoms with Crippen LogP contribution >= 0.6 is 0 Å². The minimum atomic E-state index is -1.36. The van der Waals surface area contributed by atoms with E-state index in [0.29, 0.717) is 5.96 Å². The van der Waals surface area contributed by atoms with Crippen molar-refractivity contribution in [1.82, 2.24) is 5.32 Å². The van der Waals surface area contributed by atoms with Crippen LogP contribution in [0.15, 0.2) is 58.5 Å². The van der Waals surface area contributed by atoms with Crippen molar-refractivity contribution in [1.29, 1.82) is 0 Å². The third kappa shape index (κ3) is 2.17. The first-order chi connectivity index (χ1) is 13.1. The first-order valence-corrected chi connectivity index (χ1v) is 9.05. The summed E-state index contributed by atoms with van der Waals surface area (Å²) < 4.78 is 0. The molecule has 0 saturated carbocycles. The van der Waals surface area contributed by atoms with Gasteiger partial charge in [-0.3, -0.25) is 10.1 Å². The average Bonchev–Trinajstić information content (AvgIpc) is 2.89. The molecule has 1 atom stereocenters. The van der Waals surface area contributed by atoms with Gasteiger partial charge in [0.1, 0.15) is 0 Å². The standard InChI is InChI=1S/C20H20N6O/c1-25-16-11-5-3-9-14(16)20(17(25)27)23-18(21)22-19(24-20)26-12-6-8-13-7-2-4-10-15(13)26/h2-5,7,9-11H,6,8,12H2,1H3,(H3,21,22,23,24). The summed E-state index contributed by atoms with van der Waals surface area (Å²) in [5.41, 5.74) is 8.69. The number of likely N-dealkylation sites (N-methyl/N-ethyl adjacent to an activating group) is 1. The van der Waals surface area contributed by atoms with Crippen molar-refractivity contribution in [3.05, 3.63) is 59.7 Å². The lowest BCUT2D eigenvalue weighted by atomic mass is 10.0. The molecule has 0 saturated heterocycles. The number of carbonyl (C=O) groups is 1. The van der Waals surface area contributed by atoms with E-state index >= 15 is 0 Å². The molecule has 27 heavy (non-hydrogen) atoms. The van der Waals surface area contributed by atoms with E-state index in [4.69, 9.17) is 10.7 Å². The van der Waals surface area contributed by atoms with Crippen molar-refractivity contribution in [3.63, 3.8) is 0 Å². The Balaban J connectivity index is 1.67. The van der Waals surface area contributed by atoms with Crippen LogP contribution in [0.5, 0.6) is 0 Å². The first kappa shape index (κ1) is 15.9. The molecular formula is C20H20N6O. The molecule has 0 bridgehead atoms. The minimum Gasteiger partial charge on any atom is -0.370 e. The highest BCUT2D eigenvalue weighted by Gasteiger charge is 2.52. The van der Waals surface area contributed by atoms with Crippen LogP contribution in [0.4, 0.5) is 11.4 Å². The molecule has 0 aliphatic carbocycles. The number of guanidine groups is 2. The minimum absolute atomic E-state index is 0.196. The van der Waals surface area contributed by atoms with Gasteiger partial charge in [-0.15, -0.1) is 0 Å². The van der Waals surface area contributed by atoms with Gasteiger partial charge in [-0.05, 0) is 30.5 Å². The Morgan fingerprint density at radius 3 is 2.67 bits per heavy atom. The van der Waals surface area contributed by atoms with Crippen molar-refractivity contribution < 1.29 is 4.79 Å². The number of aliphatic imine (C=N–C) groups is 2. The number of rotatable bonds is 0. The second-order valence-corrected chi connectivity index (χ2v) is 6.99. The van der Waals surface area contributed by atoms with Crippen molar-refractivity contribution in [2.24, 2.45) is 15.7 Å². The molecule has 136 valence electrons. The molecule has 7 nitrogen and oxygen atoms in total. The van der Waals surface area contributed by atoms with Crippen LogP contribution in [0.25, 0.3) is 0 Å². The van der Waals surface area contributed by atoms with Crippen LogP contribution < -0.4 is 20.9 Å². The van der Waals surface area contributed by atoms with Gasteiger partial charge in [0.05, 0.1) is 5.69 Å². The normalized spacial score (nSPS) is 23.5. The van der Waals surface area contributed by atoms with Gasteiger partial charge in [0.25, 0.3) is 11.6 Å². The number of carbonyl (C=O) groups excluding carboxylic acids is 1. The van der Waals surface area contributed by atoms with Gasteiger partial charge in [-0.1, -0.05) is 36.4 Å². The second kappa shape index (κ2) is 5.57. The number of nitrogens with zero attached hydrogens (tertiary/aromatic N) is 4. The van der Waals surface area contributed by atoms with E-state index in [-0.39, 0.29) is 11.9 Å². The highest BCUT2D eigenvalue weighted by atomic mass is 16.2. The Bertz CT molecular complexity index is 1010. The first-order valence-electron chi connectivity index (χ1n) is 9.05. The van der Waals surface area contributed by atoms with Crippen molar-refractivity contribution in [3.8, 4) is 0 Å². The maximum absolute atomic E-state index is 13.2. The Hall–Kier alpha value is -3.35. The second-order valence-electron chi connectivity index (χ2n) is 6.99. The van der Waals surface area contributed by atoms with E-state index in [1.807, 2.05) is 36.4 Å². The molecule has 2 aromatic rings. The van der Waals surface area contributed by atoms with Crippen molar-refractivity contribution in [2.75, 3.05) is 23.4 Å².